The molecule has 132 valence electrons. The van der Waals surface area contributed by atoms with Crippen LogP contribution in [0.15, 0.2) is 60.3 Å². The van der Waals surface area contributed by atoms with E-state index in [4.69, 9.17) is 4.74 Å². The quantitative estimate of drug-likeness (QED) is 0.256. The van der Waals surface area contributed by atoms with Gasteiger partial charge in [-0.2, -0.15) is 0 Å². The van der Waals surface area contributed by atoms with Gasteiger partial charge < -0.3 is 4.74 Å². The minimum Gasteiger partial charge on any atom is -0.423 e. The molecule has 0 saturated heterocycles. The highest BCUT2D eigenvalue weighted by Crippen LogP contribution is 2.21. The van der Waals surface area contributed by atoms with Crippen molar-refractivity contribution in [2.45, 2.75) is 6.92 Å². The minimum absolute atomic E-state index is 0.0494. The first-order valence-corrected chi connectivity index (χ1v) is 7.43. The number of nitrogens with zero attached hydrogens (tertiary/aromatic N) is 2. The van der Waals surface area contributed by atoms with Crippen LogP contribution in [-0.2, 0) is 4.79 Å². The summed E-state index contributed by atoms with van der Waals surface area (Å²) in [5.41, 5.74) is 0.852. The molecule has 0 aromatic heterocycles. The maximum absolute atomic E-state index is 12.0. The molecule has 0 fully saturated rings. The predicted octanol–water partition coefficient (Wildman–Crippen LogP) is 3.85. The monoisotopic (exact) mass is 354 g/mol. The first-order chi connectivity index (χ1) is 12.4. The molecule has 0 bridgehead atoms. The molecule has 2 aromatic carbocycles. The van der Waals surface area contributed by atoms with Crippen molar-refractivity contribution in [2.24, 2.45) is 0 Å². The molecule has 0 amide bonds. The number of nitro groups is 2. The number of non-ortho nitro benzene ring substituents is 1. The first kappa shape index (κ1) is 18.5. The maximum atomic E-state index is 12.0. The van der Waals surface area contributed by atoms with Gasteiger partial charge >= 0.3 is 5.97 Å². The molecule has 0 heterocycles. The Kier molecular flexibility index (Phi) is 5.94. The Hall–Kier alpha value is -3.81. The molecule has 2 rings (SSSR count). The van der Waals surface area contributed by atoms with Crippen LogP contribution in [0.4, 0.5) is 5.69 Å². The van der Waals surface area contributed by atoms with Crippen molar-refractivity contribution in [1.29, 1.82) is 0 Å². The number of nitro benzene ring substituents is 1. The van der Waals surface area contributed by atoms with Gasteiger partial charge in [0.2, 0.25) is 5.70 Å². The van der Waals surface area contributed by atoms with Crippen molar-refractivity contribution in [3.63, 3.8) is 0 Å². The largest absolute Gasteiger partial charge is 0.423 e. The second-order valence-electron chi connectivity index (χ2n) is 5.18. The molecule has 0 atom stereocenters. The molecule has 0 radical (unpaired) electrons. The lowest BCUT2D eigenvalue weighted by Crippen LogP contribution is -2.05. The van der Waals surface area contributed by atoms with Gasteiger partial charge in [-0.1, -0.05) is 18.2 Å². The molecule has 0 aliphatic heterocycles. The van der Waals surface area contributed by atoms with E-state index in [1.165, 1.54) is 55.5 Å². The van der Waals surface area contributed by atoms with Gasteiger partial charge in [-0.25, -0.2) is 4.79 Å². The van der Waals surface area contributed by atoms with E-state index in [1.807, 2.05) is 0 Å². The lowest BCUT2D eigenvalue weighted by Gasteiger charge is -2.05. The fraction of sp³-hybridized carbons (Fsp3) is 0.0556. The molecule has 0 aliphatic rings. The van der Waals surface area contributed by atoms with Crippen molar-refractivity contribution in [3.05, 3.63) is 91.7 Å². The standard InChI is InChI=1S/C18H14N2O6/c1-13(19(22)23)12-15-4-2-3-5-17(15)26-18(21)11-8-14-6-9-16(10-7-14)20(24)25/h2-12H,1H3/b11-8+,13-12+. The van der Waals surface area contributed by atoms with Crippen molar-refractivity contribution in [1.82, 2.24) is 0 Å². The Balaban J connectivity index is 2.12. The predicted molar refractivity (Wildman–Crippen MR) is 94.9 cm³/mol. The zero-order chi connectivity index (χ0) is 19.1. The van der Waals surface area contributed by atoms with Crippen molar-refractivity contribution in [3.8, 4) is 5.75 Å². The Morgan fingerprint density at radius 3 is 2.31 bits per heavy atom. The molecule has 26 heavy (non-hydrogen) atoms. The molecule has 8 heteroatoms. The number of benzene rings is 2. The van der Waals surface area contributed by atoms with Gasteiger partial charge in [-0.15, -0.1) is 0 Å². The molecule has 0 spiro atoms. The maximum Gasteiger partial charge on any atom is 0.336 e. The average Bonchev–Trinajstić information content (AvgIpc) is 2.61. The van der Waals surface area contributed by atoms with Crippen LogP contribution in [0.25, 0.3) is 12.2 Å². The highest BCUT2D eigenvalue weighted by Gasteiger charge is 2.09. The van der Waals surface area contributed by atoms with E-state index in [1.54, 1.807) is 18.2 Å². The van der Waals surface area contributed by atoms with Crippen LogP contribution in [0.1, 0.15) is 18.1 Å². The third kappa shape index (κ3) is 5.10. The van der Waals surface area contributed by atoms with E-state index in [0.29, 0.717) is 11.1 Å². The molecule has 2 aromatic rings. The van der Waals surface area contributed by atoms with Crippen LogP contribution in [0.5, 0.6) is 5.75 Å². The SMILES string of the molecule is C/C(=C\c1ccccc1OC(=O)/C=C/c1ccc([N+](=O)[O-])cc1)[N+](=O)[O-]. The molecule has 8 nitrogen and oxygen atoms in total. The van der Waals surface area contributed by atoms with E-state index in [-0.39, 0.29) is 17.1 Å². The van der Waals surface area contributed by atoms with Gasteiger partial charge in [-0.05, 0) is 29.8 Å². The Labute approximate surface area is 148 Å². The number of rotatable bonds is 6. The number of ether oxygens (including phenoxy) is 1. The van der Waals surface area contributed by atoms with Gasteiger partial charge in [0.1, 0.15) is 5.75 Å². The van der Waals surface area contributed by atoms with Crippen LogP contribution < -0.4 is 4.74 Å². The number of carbonyl (C=O) groups is 1. The summed E-state index contributed by atoms with van der Waals surface area (Å²) < 4.78 is 5.21. The fourth-order valence-electron chi connectivity index (χ4n) is 1.98. The summed E-state index contributed by atoms with van der Waals surface area (Å²) >= 11 is 0. The van der Waals surface area contributed by atoms with Crippen LogP contribution in [0, 0.1) is 20.2 Å². The van der Waals surface area contributed by atoms with Crippen molar-refractivity contribution >= 4 is 23.8 Å². The lowest BCUT2D eigenvalue weighted by atomic mass is 10.1. The average molecular weight is 354 g/mol. The summed E-state index contributed by atoms with van der Waals surface area (Å²) in [4.78, 5) is 32.2. The number of para-hydroxylation sites is 1. The van der Waals surface area contributed by atoms with Gasteiger partial charge in [0.15, 0.2) is 0 Å². The number of allylic oxidation sites excluding steroid dienone is 1. The highest BCUT2D eigenvalue weighted by molar-refractivity contribution is 5.89. The fourth-order valence-corrected chi connectivity index (χ4v) is 1.98. The smallest absolute Gasteiger partial charge is 0.336 e. The summed E-state index contributed by atoms with van der Waals surface area (Å²) in [6.45, 7) is 1.34. The minimum atomic E-state index is -0.678. The zero-order valence-electron chi connectivity index (χ0n) is 13.7. The van der Waals surface area contributed by atoms with Crippen molar-refractivity contribution in [2.75, 3.05) is 0 Å². The summed E-state index contributed by atoms with van der Waals surface area (Å²) in [5, 5.41) is 21.3. The first-order valence-electron chi connectivity index (χ1n) is 7.43. The van der Waals surface area contributed by atoms with E-state index in [9.17, 15) is 25.0 Å². The third-order valence-electron chi connectivity index (χ3n) is 3.30. The van der Waals surface area contributed by atoms with Crippen LogP contribution in [0.3, 0.4) is 0 Å². The number of hydrogen-bond donors (Lipinski definition) is 0. The Morgan fingerprint density at radius 1 is 1.04 bits per heavy atom. The van der Waals surface area contributed by atoms with Crippen LogP contribution in [-0.4, -0.2) is 15.8 Å². The Morgan fingerprint density at radius 2 is 1.69 bits per heavy atom. The van der Waals surface area contributed by atoms with E-state index >= 15 is 0 Å². The second kappa shape index (κ2) is 8.34. The normalized spacial score (nSPS) is 11.3. The van der Waals surface area contributed by atoms with Gasteiger partial charge in [0.25, 0.3) is 5.69 Å². The molecule has 0 saturated carbocycles. The van der Waals surface area contributed by atoms with Crippen molar-refractivity contribution < 1.29 is 19.4 Å². The van der Waals surface area contributed by atoms with Gasteiger partial charge in [0, 0.05) is 36.8 Å². The van der Waals surface area contributed by atoms with E-state index < -0.39 is 15.8 Å². The molecule has 0 aliphatic carbocycles. The molecule has 0 unspecified atom stereocenters. The van der Waals surface area contributed by atoms with Crippen LogP contribution >= 0.6 is 0 Å². The van der Waals surface area contributed by atoms with E-state index in [0.717, 1.165) is 0 Å². The zero-order valence-corrected chi connectivity index (χ0v) is 13.7. The molecular weight excluding hydrogens is 340 g/mol. The number of esters is 1. The molecular formula is C18H14N2O6. The summed E-state index contributed by atoms with van der Waals surface area (Å²) in [6.07, 6.45) is 3.93. The van der Waals surface area contributed by atoms with Gasteiger partial charge in [0.05, 0.1) is 9.85 Å². The summed E-state index contributed by atoms with van der Waals surface area (Å²) in [7, 11) is 0. The summed E-state index contributed by atoms with van der Waals surface area (Å²) in [6, 6.07) is 12.1. The highest BCUT2D eigenvalue weighted by atomic mass is 16.6. The Bertz CT molecular complexity index is 900. The third-order valence-corrected chi connectivity index (χ3v) is 3.30. The lowest BCUT2D eigenvalue weighted by molar-refractivity contribution is -0.422. The number of hydrogen-bond acceptors (Lipinski definition) is 6. The summed E-state index contributed by atoms with van der Waals surface area (Å²) in [5.74, 6) is -0.491. The topological polar surface area (TPSA) is 113 Å². The van der Waals surface area contributed by atoms with E-state index in [2.05, 4.69) is 0 Å². The van der Waals surface area contributed by atoms with Gasteiger partial charge in [-0.3, -0.25) is 20.2 Å². The second-order valence-corrected chi connectivity index (χ2v) is 5.18. The van der Waals surface area contributed by atoms with Crippen LogP contribution in [0.2, 0.25) is 0 Å². The number of carbonyl (C=O) groups excluding carboxylic acids is 1. The molecule has 0 N–H and O–H groups in total.